The van der Waals surface area contributed by atoms with Gasteiger partial charge in [-0.2, -0.15) is 0 Å². The number of aromatic nitrogens is 3. The molecule has 0 atom stereocenters. The molecule has 6 nitrogen and oxygen atoms in total. The molecule has 0 amide bonds. The minimum absolute atomic E-state index is 0.508. The van der Waals surface area contributed by atoms with E-state index in [1.165, 1.54) is 12.8 Å². The third kappa shape index (κ3) is 2.68. The van der Waals surface area contributed by atoms with Gasteiger partial charge in [0.2, 0.25) is 11.8 Å². The first-order valence-electron chi connectivity index (χ1n) is 6.56. The SMILES string of the molecule is Cc1noc(C)c1CN(C)Cc1nnc(C2CC2)o1. The van der Waals surface area contributed by atoms with Crippen molar-refractivity contribution in [1.82, 2.24) is 20.3 Å². The van der Waals surface area contributed by atoms with E-state index in [0.29, 0.717) is 18.4 Å². The molecule has 0 N–H and O–H groups in total. The summed E-state index contributed by atoms with van der Waals surface area (Å²) in [5.41, 5.74) is 2.07. The summed E-state index contributed by atoms with van der Waals surface area (Å²) < 4.78 is 10.8. The van der Waals surface area contributed by atoms with Crippen molar-refractivity contribution in [1.29, 1.82) is 0 Å². The predicted octanol–water partition coefficient (Wildman–Crippen LogP) is 2.18. The van der Waals surface area contributed by atoms with Crippen molar-refractivity contribution in [2.45, 2.75) is 45.7 Å². The van der Waals surface area contributed by atoms with E-state index in [1.54, 1.807) is 0 Å². The van der Waals surface area contributed by atoms with Crippen LogP contribution in [-0.2, 0) is 13.1 Å². The first kappa shape index (κ1) is 12.3. The Bertz CT molecular complexity index is 551. The van der Waals surface area contributed by atoms with Gasteiger partial charge in [-0.05, 0) is 33.7 Å². The fraction of sp³-hybridized carbons (Fsp3) is 0.615. The van der Waals surface area contributed by atoms with Crippen LogP contribution in [0.25, 0.3) is 0 Å². The van der Waals surface area contributed by atoms with E-state index in [0.717, 1.165) is 29.5 Å². The largest absolute Gasteiger partial charge is 0.424 e. The van der Waals surface area contributed by atoms with Crippen molar-refractivity contribution in [2.24, 2.45) is 0 Å². The molecule has 1 aliphatic carbocycles. The Morgan fingerprint density at radius 1 is 1.21 bits per heavy atom. The first-order valence-corrected chi connectivity index (χ1v) is 6.56. The molecule has 19 heavy (non-hydrogen) atoms. The lowest BCUT2D eigenvalue weighted by Crippen LogP contribution is -2.18. The average molecular weight is 262 g/mol. The highest BCUT2D eigenvalue weighted by Gasteiger charge is 2.29. The highest BCUT2D eigenvalue weighted by atomic mass is 16.5. The maximum absolute atomic E-state index is 5.65. The second kappa shape index (κ2) is 4.77. The molecule has 0 radical (unpaired) electrons. The Morgan fingerprint density at radius 2 is 2.00 bits per heavy atom. The Kier molecular flexibility index (Phi) is 3.10. The molecule has 1 fully saturated rings. The van der Waals surface area contributed by atoms with Crippen LogP contribution in [0.2, 0.25) is 0 Å². The number of aryl methyl sites for hydroxylation is 2. The van der Waals surface area contributed by atoms with Crippen LogP contribution in [0, 0.1) is 13.8 Å². The van der Waals surface area contributed by atoms with Crippen molar-refractivity contribution in [2.75, 3.05) is 7.05 Å². The summed E-state index contributed by atoms with van der Waals surface area (Å²) in [6.45, 7) is 5.30. The van der Waals surface area contributed by atoms with E-state index in [9.17, 15) is 0 Å². The molecular formula is C13H18N4O2. The maximum Gasteiger partial charge on any atom is 0.230 e. The molecule has 0 spiro atoms. The minimum atomic E-state index is 0.508. The molecule has 3 rings (SSSR count). The van der Waals surface area contributed by atoms with Gasteiger partial charge in [0, 0.05) is 18.0 Å². The molecule has 0 aliphatic heterocycles. The van der Waals surface area contributed by atoms with Gasteiger partial charge in [0.25, 0.3) is 0 Å². The molecule has 1 saturated carbocycles. The lowest BCUT2D eigenvalue weighted by atomic mass is 10.2. The van der Waals surface area contributed by atoms with Crippen molar-refractivity contribution < 1.29 is 8.94 Å². The monoisotopic (exact) mass is 262 g/mol. The minimum Gasteiger partial charge on any atom is -0.424 e. The molecular weight excluding hydrogens is 244 g/mol. The van der Waals surface area contributed by atoms with Gasteiger partial charge in [-0.15, -0.1) is 10.2 Å². The van der Waals surface area contributed by atoms with Gasteiger partial charge in [0.15, 0.2) is 0 Å². The fourth-order valence-electron chi connectivity index (χ4n) is 2.11. The molecule has 0 bridgehead atoms. The lowest BCUT2D eigenvalue weighted by molar-refractivity contribution is 0.275. The van der Waals surface area contributed by atoms with Gasteiger partial charge < -0.3 is 8.94 Å². The van der Waals surface area contributed by atoms with Crippen molar-refractivity contribution in [3.05, 3.63) is 28.8 Å². The first-order chi connectivity index (χ1) is 9.13. The summed E-state index contributed by atoms with van der Waals surface area (Å²) in [5.74, 6) is 2.85. The van der Waals surface area contributed by atoms with E-state index < -0.39 is 0 Å². The molecule has 2 aromatic heterocycles. The smallest absolute Gasteiger partial charge is 0.230 e. The van der Waals surface area contributed by atoms with E-state index >= 15 is 0 Å². The van der Waals surface area contributed by atoms with Crippen molar-refractivity contribution >= 4 is 0 Å². The zero-order valence-corrected chi connectivity index (χ0v) is 11.5. The van der Waals surface area contributed by atoms with Crippen LogP contribution in [0.3, 0.4) is 0 Å². The highest BCUT2D eigenvalue weighted by molar-refractivity contribution is 5.20. The van der Waals surface area contributed by atoms with Crippen LogP contribution in [0.5, 0.6) is 0 Å². The van der Waals surface area contributed by atoms with Crippen LogP contribution >= 0.6 is 0 Å². The van der Waals surface area contributed by atoms with E-state index in [4.69, 9.17) is 8.94 Å². The van der Waals surface area contributed by atoms with Crippen LogP contribution in [0.1, 0.15) is 47.6 Å². The average Bonchev–Trinajstić information content (AvgIpc) is 3.06. The summed E-state index contributed by atoms with van der Waals surface area (Å²) in [7, 11) is 2.02. The Hall–Kier alpha value is -1.69. The quantitative estimate of drug-likeness (QED) is 0.822. The standard InChI is InChI=1S/C13H18N4O2/c1-8-11(9(2)19-16-8)6-17(3)7-12-14-15-13(18-12)10-4-5-10/h10H,4-7H2,1-3H3. The lowest BCUT2D eigenvalue weighted by Gasteiger charge is -2.13. The second-order valence-electron chi connectivity index (χ2n) is 5.28. The molecule has 2 aromatic rings. The summed E-state index contributed by atoms with van der Waals surface area (Å²) in [6, 6.07) is 0. The van der Waals surface area contributed by atoms with Gasteiger partial charge in [-0.3, -0.25) is 4.90 Å². The number of hydrogen-bond acceptors (Lipinski definition) is 6. The van der Waals surface area contributed by atoms with Crippen LogP contribution < -0.4 is 0 Å². The van der Waals surface area contributed by atoms with Crippen LogP contribution in [0.15, 0.2) is 8.94 Å². The molecule has 0 aromatic carbocycles. The van der Waals surface area contributed by atoms with Gasteiger partial charge >= 0.3 is 0 Å². The zero-order chi connectivity index (χ0) is 13.4. The van der Waals surface area contributed by atoms with E-state index in [1.807, 2.05) is 20.9 Å². The van der Waals surface area contributed by atoms with Gasteiger partial charge in [0.05, 0.1) is 12.2 Å². The Labute approximate surface area is 111 Å². The summed E-state index contributed by atoms with van der Waals surface area (Å²) >= 11 is 0. The Morgan fingerprint density at radius 3 is 2.63 bits per heavy atom. The van der Waals surface area contributed by atoms with Crippen LogP contribution in [0.4, 0.5) is 0 Å². The maximum atomic E-state index is 5.65. The van der Waals surface area contributed by atoms with Crippen molar-refractivity contribution in [3.63, 3.8) is 0 Å². The Balaban J connectivity index is 1.62. The summed E-state index contributed by atoms with van der Waals surface area (Å²) in [5, 5.41) is 12.1. The normalized spacial score (nSPS) is 15.4. The third-order valence-corrected chi connectivity index (χ3v) is 3.42. The zero-order valence-electron chi connectivity index (χ0n) is 11.5. The number of hydrogen-bond donors (Lipinski definition) is 0. The molecule has 6 heteroatoms. The van der Waals surface area contributed by atoms with E-state index in [2.05, 4.69) is 20.3 Å². The number of nitrogens with zero attached hydrogens (tertiary/aromatic N) is 4. The van der Waals surface area contributed by atoms with Gasteiger partial charge in [-0.1, -0.05) is 5.16 Å². The molecule has 102 valence electrons. The summed E-state index contributed by atoms with van der Waals surface area (Å²) in [6.07, 6.45) is 2.35. The molecule has 0 saturated heterocycles. The molecule has 2 heterocycles. The highest BCUT2D eigenvalue weighted by Crippen LogP contribution is 2.39. The van der Waals surface area contributed by atoms with Crippen molar-refractivity contribution in [3.8, 4) is 0 Å². The topological polar surface area (TPSA) is 68.2 Å². The fourth-order valence-corrected chi connectivity index (χ4v) is 2.11. The number of rotatable bonds is 5. The molecule has 0 unspecified atom stereocenters. The molecule has 1 aliphatic rings. The van der Waals surface area contributed by atoms with E-state index in [-0.39, 0.29) is 0 Å². The van der Waals surface area contributed by atoms with Gasteiger partial charge in [-0.25, -0.2) is 0 Å². The van der Waals surface area contributed by atoms with Gasteiger partial charge in [0.1, 0.15) is 5.76 Å². The van der Waals surface area contributed by atoms with Crippen LogP contribution in [-0.4, -0.2) is 27.3 Å². The summed E-state index contributed by atoms with van der Waals surface area (Å²) in [4.78, 5) is 2.12. The predicted molar refractivity (Wildman–Crippen MR) is 67.4 cm³/mol. The third-order valence-electron chi connectivity index (χ3n) is 3.42. The second-order valence-corrected chi connectivity index (χ2v) is 5.28.